The van der Waals surface area contributed by atoms with Gasteiger partial charge in [0.15, 0.2) is 16.4 Å². The molecule has 0 spiro atoms. The molecule has 0 unspecified atom stereocenters. The molecular weight excluding hydrogens is 294 g/mol. The molecule has 1 heterocycles. The van der Waals surface area contributed by atoms with Gasteiger partial charge in [-0.15, -0.1) is 0 Å². The topological polar surface area (TPSA) is 86.5 Å². The third-order valence-electron chi connectivity index (χ3n) is 3.45. The Bertz CT molecular complexity index is 816. The van der Waals surface area contributed by atoms with Gasteiger partial charge in [-0.3, -0.25) is 4.79 Å². The second-order valence-electron chi connectivity index (χ2n) is 4.90. The number of fused-ring (bicyclic) bond motifs is 1. The van der Waals surface area contributed by atoms with Gasteiger partial charge in [-0.2, -0.15) is 8.42 Å². The molecule has 0 N–H and O–H groups in total. The van der Waals surface area contributed by atoms with Gasteiger partial charge in [-0.25, -0.2) is 0 Å². The first-order valence-electron chi connectivity index (χ1n) is 6.42. The molecule has 0 saturated heterocycles. The maximum absolute atomic E-state index is 12.4. The Morgan fingerprint density at radius 1 is 1.24 bits per heavy atom. The van der Waals surface area contributed by atoms with Crippen LogP contribution in [0.25, 0.3) is 0 Å². The average molecular weight is 307 g/mol. The molecule has 0 amide bonds. The van der Waals surface area contributed by atoms with Crippen molar-refractivity contribution in [3.63, 3.8) is 0 Å². The highest BCUT2D eigenvalue weighted by molar-refractivity contribution is 7.87. The first-order chi connectivity index (χ1) is 9.90. The predicted molar refractivity (Wildman–Crippen MR) is 72.9 cm³/mol. The maximum atomic E-state index is 12.4. The second kappa shape index (κ2) is 4.70. The molecule has 3 rings (SSSR count). The fraction of sp³-hybridized carbons (Fsp3) is 0.286. The van der Waals surface area contributed by atoms with E-state index in [0.29, 0.717) is 24.0 Å². The van der Waals surface area contributed by atoms with Crippen LogP contribution in [0.2, 0.25) is 0 Å². The third kappa shape index (κ3) is 2.23. The van der Waals surface area contributed by atoms with E-state index in [1.165, 1.54) is 13.8 Å². The monoisotopic (exact) mass is 307 g/mol. The lowest BCUT2D eigenvalue weighted by Gasteiger charge is -2.10. The Kier molecular flexibility index (Phi) is 3.09. The fourth-order valence-electron chi connectivity index (χ4n) is 2.53. The van der Waals surface area contributed by atoms with Gasteiger partial charge in [0.1, 0.15) is 11.4 Å². The van der Waals surface area contributed by atoms with E-state index in [-0.39, 0.29) is 27.9 Å². The minimum Gasteiger partial charge on any atom is -0.379 e. The largest absolute Gasteiger partial charge is 0.379 e. The average Bonchev–Trinajstić information content (AvgIpc) is 2.94. The van der Waals surface area contributed by atoms with Gasteiger partial charge in [-0.05, 0) is 26.3 Å². The molecule has 0 atom stereocenters. The number of carbonyl (C=O) groups is 1. The zero-order valence-corrected chi connectivity index (χ0v) is 12.4. The van der Waals surface area contributed by atoms with Gasteiger partial charge in [0, 0.05) is 17.5 Å². The molecule has 0 fully saturated rings. The summed E-state index contributed by atoms with van der Waals surface area (Å²) in [6.07, 6.45) is 0.864. The third-order valence-corrected chi connectivity index (χ3v) is 4.93. The molecule has 0 radical (unpaired) electrons. The summed E-state index contributed by atoms with van der Waals surface area (Å²) in [5, 5.41) is 3.62. The van der Waals surface area contributed by atoms with Gasteiger partial charge >= 0.3 is 10.1 Å². The first-order valence-corrected chi connectivity index (χ1v) is 7.83. The summed E-state index contributed by atoms with van der Waals surface area (Å²) < 4.78 is 34.8. The van der Waals surface area contributed by atoms with Crippen LogP contribution in [0.15, 0.2) is 27.6 Å². The quantitative estimate of drug-likeness (QED) is 0.808. The number of nitrogens with zero attached hydrogens (tertiary/aromatic N) is 1. The lowest BCUT2D eigenvalue weighted by atomic mass is 10.1. The van der Waals surface area contributed by atoms with Crippen LogP contribution in [-0.4, -0.2) is 19.4 Å². The van der Waals surface area contributed by atoms with Crippen LogP contribution in [0.3, 0.4) is 0 Å². The zero-order valence-electron chi connectivity index (χ0n) is 11.5. The van der Waals surface area contributed by atoms with Crippen molar-refractivity contribution in [3.05, 3.63) is 40.8 Å². The van der Waals surface area contributed by atoms with Gasteiger partial charge in [0.2, 0.25) is 0 Å². The Morgan fingerprint density at radius 2 is 2.00 bits per heavy atom. The first kappa shape index (κ1) is 13.8. The zero-order chi connectivity index (χ0) is 15.2. The van der Waals surface area contributed by atoms with Crippen molar-refractivity contribution in [3.8, 4) is 5.75 Å². The van der Waals surface area contributed by atoms with Crippen LogP contribution < -0.4 is 4.18 Å². The molecule has 21 heavy (non-hydrogen) atoms. The van der Waals surface area contributed by atoms with E-state index in [4.69, 9.17) is 8.71 Å². The Labute approximate surface area is 121 Å². The van der Waals surface area contributed by atoms with Crippen LogP contribution in [0.5, 0.6) is 5.75 Å². The van der Waals surface area contributed by atoms with Crippen LogP contribution in [0.4, 0.5) is 0 Å². The molecule has 0 aliphatic heterocycles. The highest BCUT2D eigenvalue weighted by Crippen LogP contribution is 2.33. The van der Waals surface area contributed by atoms with Crippen molar-refractivity contribution in [2.24, 2.45) is 0 Å². The minimum absolute atomic E-state index is 0.00480. The van der Waals surface area contributed by atoms with Gasteiger partial charge in [0.05, 0.1) is 0 Å². The number of hydrogen-bond acceptors (Lipinski definition) is 6. The lowest BCUT2D eigenvalue weighted by Crippen LogP contribution is -2.12. The molecule has 2 aromatic rings. The summed E-state index contributed by atoms with van der Waals surface area (Å²) in [5.41, 5.74) is 1.41. The van der Waals surface area contributed by atoms with E-state index in [9.17, 15) is 13.2 Å². The van der Waals surface area contributed by atoms with E-state index >= 15 is 0 Å². The molecule has 1 aliphatic carbocycles. The molecule has 0 saturated carbocycles. The van der Waals surface area contributed by atoms with E-state index in [0.717, 1.165) is 0 Å². The Morgan fingerprint density at radius 3 is 2.67 bits per heavy atom. The highest BCUT2D eigenvalue weighted by Gasteiger charge is 2.29. The summed E-state index contributed by atoms with van der Waals surface area (Å²) >= 11 is 0. The predicted octanol–water partition coefficient (Wildman–Crippen LogP) is 2.19. The molecule has 1 aliphatic rings. The number of rotatable bonds is 3. The van der Waals surface area contributed by atoms with E-state index in [1.54, 1.807) is 18.2 Å². The summed E-state index contributed by atoms with van der Waals surface area (Å²) in [7, 11) is -4.04. The normalized spacial score (nSPS) is 14.3. The number of aromatic nitrogens is 1. The van der Waals surface area contributed by atoms with E-state index < -0.39 is 10.1 Å². The van der Waals surface area contributed by atoms with Crippen LogP contribution in [0.1, 0.15) is 33.8 Å². The van der Waals surface area contributed by atoms with Crippen molar-refractivity contribution >= 4 is 15.9 Å². The summed E-state index contributed by atoms with van der Waals surface area (Å²) in [5.74, 6) is 0.375. The lowest BCUT2D eigenvalue weighted by molar-refractivity contribution is 0.0994. The second-order valence-corrected chi connectivity index (χ2v) is 6.38. The minimum atomic E-state index is -4.04. The molecule has 6 nitrogen and oxygen atoms in total. The summed E-state index contributed by atoms with van der Waals surface area (Å²) in [4.78, 5) is 11.6. The van der Waals surface area contributed by atoms with Crippen LogP contribution >= 0.6 is 0 Å². The SMILES string of the molecule is Cc1noc(C)c1S(=O)(=O)Oc1cccc2c1CCC2=O. The van der Waals surface area contributed by atoms with E-state index in [1.807, 2.05) is 0 Å². The summed E-state index contributed by atoms with van der Waals surface area (Å²) in [6, 6.07) is 4.84. The number of ketones is 1. The maximum Gasteiger partial charge on any atom is 0.344 e. The van der Waals surface area contributed by atoms with Gasteiger partial charge in [-0.1, -0.05) is 17.3 Å². The van der Waals surface area contributed by atoms with Crippen LogP contribution in [0, 0.1) is 13.8 Å². The fourth-order valence-corrected chi connectivity index (χ4v) is 3.79. The standard InChI is InChI=1S/C14H13NO5S/c1-8-14(9(2)19-15-8)21(17,18)20-13-5-3-4-10-11(13)6-7-12(10)16/h3-5H,6-7H2,1-2H3. The number of carbonyl (C=O) groups excluding carboxylic acids is 1. The van der Waals surface area contributed by atoms with Crippen molar-refractivity contribution in [1.29, 1.82) is 0 Å². The number of benzene rings is 1. The number of aryl methyl sites for hydroxylation is 2. The molecule has 0 bridgehead atoms. The Hall–Kier alpha value is -2.15. The molecule has 1 aromatic carbocycles. The van der Waals surface area contributed by atoms with Crippen LogP contribution in [-0.2, 0) is 16.5 Å². The summed E-state index contributed by atoms with van der Waals surface area (Å²) in [6.45, 7) is 3.04. The smallest absolute Gasteiger partial charge is 0.344 e. The number of Topliss-reactive ketones (excluding diaryl/α,β-unsaturated/α-hetero) is 1. The van der Waals surface area contributed by atoms with Gasteiger partial charge in [0.25, 0.3) is 0 Å². The van der Waals surface area contributed by atoms with Crippen molar-refractivity contribution < 1.29 is 21.9 Å². The molecule has 110 valence electrons. The van der Waals surface area contributed by atoms with Crippen molar-refractivity contribution in [2.75, 3.05) is 0 Å². The van der Waals surface area contributed by atoms with Crippen molar-refractivity contribution in [1.82, 2.24) is 5.16 Å². The van der Waals surface area contributed by atoms with Gasteiger partial charge < -0.3 is 8.71 Å². The molecule has 1 aromatic heterocycles. The molecule has 7 heteroatoms. The van der Waals surface area contributed by atoms with Crippen molar-refractivity contribution in [2.45, 2.75) is 31.6 Å². The number of hydrogen-bond donors (Lipinski definition) is 0. The highest BCUT2D eigenvalue weighted by atomic mass is 32.2. The van der Waals surface area contributed by atoms with E-state index in [2.05, 4.69) is 5.16 Å². The Balaban J connectivity index is 2.04. The molecular formula is C14H13NO5S.